The van der Waals surface area contributed by atoms with E-state index < -0.39 is 6.10 Å². The van der Waals surface area contributed by atoms with E-state index in [1.54, 1.807) is 11.3 Å². The number of hydrogen-bond donors (Lipinski definition) is 3. The average Bonchev–Trinajstić information content (AvgIpc) is 2.95. The highest BCUT2D eigenvalue weighted by atomic mass is 127. The zero-order valence-corrected chi connectivity index (χ0v) is 19.2. The zero-order chi connectivity index (χ0) is 18.8. The maximum Gasteiger partial charge on any atom is 0.191 e. The van der Waals surface area contributed by atoms with Gasteiger partial charge in [-0.05, 0) is 26.3 Å². The molecule has 1 atom stereocenters. The van der Waals surface area contributed by atoms with Crippen LogP contribution in [0.25, 0.3) is 0 Å². The third kappa shape index (κ3) is 9.00. The average molecular weight is 504 g/mol. The highest BCUT2D eigenvalue weighted by Gasteiger charge is 2.08. The number of ether oxygens (including phenoxy) is 1. The second-order valence-electron chi connectivity index (χ2n) is 5.97. The molecule has 1 aromatic heterocycles. The Morgan fingerprint density at radius 1 is 1.26 bits per heavy atom. The van der Waals surface area contributed by atoms with Crippen molar-refractivity contribution in [2.45, 2.75) is 40.0 Å². The first-order chi connectivity index (χ1) is 12.6. The van der Waals surface area contributed by atoms with Gasteiger partial charge >= 0.3 is 0 Å². The molecule has 150 valence electrons. The smallest absolute Gasteiger partial charge is 0.191 e. The van der Waals surface area contributed by atoms with Crippen LogP contribution in [0.1, 0.15) is 28.1 Å². The number of benzene rings is 1. The summed E-state index contributed by atoms with van der Waals surface area (Å²) in [5.74, 6) is 0.681. The molecule has 0 saturated heterocycles. The maximum atomic E-state index is 10.1. The van der Waals surface area contributed by atoms with Gasteiger partial charge in [-0.15, -0.1) is 35.3 Å². The molecule has 1 aromatic carbocycles. The van der Waals surface area contributed by atoms with Crippen molar-refractivity contribution >= 4 is 41.3 Å². The van der Waals surface area contributed by atoms with Crippen molar-refractivity contribution in [1.82, 2.24) is 15.6 Å². The SMILES string of the molecule is CCNC(=NCc1sc(C)nc1C)NCC(O)COCc1ccccc1.I. The van der Waals surface area contributed by atoms with Crippen molar-refractivity contribution in [3.05, 3.63) is 51.5 Å². The van der Waals surface area contributed by atoms with Gasteiger partial charge in [0.15, 0.2) is 5.96 Å². The minimum absolute atomic E-state index is 0. The van der Waals surface area contributed by atoms with Crippen molar-refractivity contribution in [3.63, 3.8) is 0 Å². The Hall–Kier alpha value is -1.23. The number of hydrogen-bond acceptors (Lipinski definition) is 5. The van der Waals surface area contributed by atoms with Crippen molar-refractivity contribution in [1.29, 1.82) is 0 Å². The van der Waals surface area contributed by atoms with E-state index in [0.29, 0.717) is 25.7 Å². The van der Waals surface area contributed by atoms with Crippen molar-refractivity contribution in [3.8, 4) is 0 Å². The van der Waals surface area contributed by atoms with Crippen LogP contribution in [-0.4, -0.2) is 41.9 Å². The number of aliphatic hydroxyl groups excluding tert-OH is 1. The first kappa shape index (κ1) is 23.8. The Bertz CT molecular complexity index is 694. The number of halogens is 1. The molecule has 0 fully saturated rings. The number of thiazole rings is 1. The first-order valence-electron chi connectivity index (χ1n) is 8.83. The molecule has 0 aliphatic carbocycles. The summed E-state index contributed by atoms with van der Waals surface area (Å²) >= 11 is 1.66. The summed E-state index contributed by atoms with van der Waals surface area (Å²) in [4.78, 5) is 10.1. The molecule has 8 heteroatoms. The van der Waals surface area contributed by atoms with Gasteiger partial charge in [-0.2, -0.15) is 0 Å². The van der Waals surface area contributed by atoms with Gasteiger partial charge in [0, 0.05) is 18.0 Å². The largest absolute Gasteiger partial charge is 0.389 e. The monoisotopic (exact) mass is 504 g/mol. The molecule has 0 amide bonds. The fraction of sp³-hybridized carbons (Fsp3) is 0.474. The molecule has 0 aliphatic rings. The maximum absolute atomic E-state index is 10.1. The lowest BCUT2D eigenvalue weighted by Gasteiger charge is -2.15. The van der Waals surface area contributed by atoms with Crippen LogP contribution in [0.2, 0.25) is 0 Å². The summed E-state index contributed by atoms with van der Waals surface area (Å²) in [6.45, 7) is 8.49. The molecule has 0 spiro atoms. The highest BCUT2D eigenvalue weighted by Crippen LogP contribution is 2.17. The van der Waals surface area contributed by atoms with E-state index in [9.17, 15) is 5.11 Å². The van der Waals surface area contributed by atoms with Crippen LogP contribution in [-0.2, 0) is 17.9 Å². The number of aromatic nitrogens is 1. The van der Waals surface area contributed by atoms with Crippen LogP contribution >= 0.6 is 35.3 Å². The van der Waals surface area contributed by atoms with E-state index in [0.717, 1.165) is 27.7 Å². The fourth-order valence-corrected chi connectivity index (χ4v) is 3.23. The Morgan fingerprint density at radius 2 is 2.00 bits per heavy atom. The standard InChI is InChI=1S/C19H28N4O2S.HI/c1-4-20-19(22-11-18-14(2)23-15(3)26-18)21-10-17(24)13-25-12-16-8-6-5-7-9-16;/h5-9,17,24H,4,10-13H2,1-3H3,(H2,20,21,22);1H. The molecular weight excluding hydrogens is 475 g/mol. The molecule has 0 bridgehead atoms. The van der Waals surface area contributed by atoms with Crippen LogP contribution in [0.3, 0.4) is 0 Å². The third-order valence-electron chi connectivity index (χ3n) is 3.65. The molecule has 6 nitrogen and oxygen atoms in total. The zero-order valence-electron chi connectivity index (χ0n) is 16.1. The van der Waals surface area contributed by atoms with Crippen LogP contribution in [0.15, 0.2) is 35.3 Å². The Kier molecular flexibility index (Phi) is 11.5. The van der Waals surface area contributed by atoms with Gasteiger partial charge in [0.05, 0.1) is 36.6 Å². The van der Waals surface area contributed by atoms with Crippen LogP contribution in [0.5, 0.6) is 0 Å². The number of nitrogens with zero attached hydrogens (tertiary/aromatic N) is 2. The van der Waals surface area contributed by atoms with E-state index in [-0.39, 0.29) is 30.6 Å². The number of aliphatic imine (C=N–C) groups is 1. The van der Waals surface area contributed by atoms with E-state index in [4.69, 9.17) is 4.74 Å². The molecular formula is C19H29IN4O2S. The van der Waals surface area contributed by atoms with Gasteiger partial charge in [-0.3, -0.25) is 0 Å². The van der Waals surface area contributed by atoms with Crippen LogP contribution < -0.4 is 10.6 Å². The molecule has 0 radical (unpaired) electrons. The predicted octanol–water partition coefficient (Wildman–Crippen LogP) is 3.01. The van der Waals surface area contributed by atoms with E-state index in [1.807, 2.05) is 51.1 Å². The van der Waals surface area contributed by atoms with E-state index in [2.05, 4.69) is 20.6 Å². The summed E-state index contributed by atoms with van der Waals surface area (Å²) < 4.78 is 5.56. The molecule has 0 saturated carbocycles. The molecule has 1 unspecified atom stereocenters. The summed E-state index contributed by atoms with van der Waals surface area (Å²) in [5, 5.41) is 17.5. The van der Waals surface area contributed by atoms with Crippen LogP contribution in [0.4, 0.5) is 0 Å². The number of aryl methyl sites for hydroxylation is 2. The molecule has 3 N–H and O–H groups in total. The lowest BCUT2D eigenvalue weighted by molar-refractivity contribution is 0.0308. The van der Waals surface area contributed by atoms with E-state index in [1.165, 1.54) is 0 Å². The summed E-state index contributed by atoms with van der Waals surface area (Å²) in [6.07, 6.45) is -0.602. The van der Waals surface area contributed by atoms with Crippen molar-refractivity contribution in [2.24, 2.45) is 4.99 Å². The summed E-state index contributed by atoms with van der Waals surface area (Å²) in [5.41, 5.74) is 2.12. The number of guanidine groups is 1. The lowest BCUT2D eigenvalue weighted by Crippen LogP contribution is -2.42. The number of rotatable bonds is 9. The van der Waals surface area contributed by atoms with Gasteiger partial charge in [-0.1, -0.05) is 30.3 Å². The summed E-state index contributed by atoms with van der Waals surface area (Å²) in [7, 11) is 0. The van der Waals surface area contributed by atoms with Gasteiger partial charge < -0.3 is 20.5 Å². The topological polar surface area (TPSA) is 78.8 Å². The third-order valence-corrected chi connectivity index (χ3v) is 4.71. The first-order valence-corrected chi connectivity index (χ1v) is 9.65. The second-order valence-corrected chi connectivity index (χ2v) is 7.26. The van der Waals surface area contributed by atoms with Crippen molar-refractivity contribution < 1.29 is 9.84 Å². The molecule has 2 rings (SSSR count). The van der Waals surface area contributed by atoms with Crippen molar-refractivity contribution in [2.75, 3.05) is 19.7 Å². The van der Waals surface area contributed by atoms with Gasteiger partial charge in [0.25, 0.3) is 0 Å². The Balaban J connectivity index is 0.00000364. The second kappa shape index (κ2) is 13.0. The van der Waals surface area contributed by atoms with Gasteiger partial charge in [-0.25, -0.2) is 9.98 Å². The molecule has 27 heavy (non-hydrogen) atoms. The summed E-state index contributed by atoms with van der Waals surface area (Å²) in [6, 6.07) is 9.93. The minimum Gasteiger partial charge on any atom is -0.389 e. The van der Waals surface area contributed by atoms with E-state index >= 15 is 0 Å². The van der Waals surface area contributed by atoms with Gasteiger partial charge in [0.2, 0.25) is 0 Å². The predicted molar refractivity (Wildman–Crippen MR) is 122 cm³/mol. The molecule has 1 heterocycles. The highest BCUT2D eigenvalue weighted by molar-refractivity contribution is 14.0. The normalized spacial score (nSPS) is 12.4. The molecule has 0 aliphatic heterocycles. The van der Waals surface area contributed by atoms with Gasteiger partial charge in [0.1, 0.15) is 0 Å². The number of aliphatic hydroxyl groups is 1. The Labute approximate surface area is 182 Å². The lowest BCUT2D eigenvalue weighted by atomic mass is 10.2. The Morgan fingerprint density at radius 3 is 2.63 bits per heavy atom. The quantitative estimate of drug-likeness (QED) is 0.278. The van der Waals surface area contributed by atoms with Crippen LogP contribution in [0, 0.1) is 13.8 Å². The fourth-order valence-electron chi connectivity index (χ4n) is 2.37. The minimum atomic E-state index is -0.602. The molecule has 2 aromatic rings. The number of nitrogens with one attached hydrogen (secondary N) is 2.